The van der Waals surface area contributed by atoms with Crippen molar-refractivity contribution in [2.75, 3.05) is 11.9 Å². The molecule has 0 saturated heterocycles. The van der Waals surface area contributed by atoms with E-state index in [2.05, 4.69) is 21.2 Å². The maximum absolute atomic E-state index is 12.4. The monoisotopic (exact) mass is 386 g/mol. The average Bonchev–Trinajstić information content (AvgIpc) is 2.75. The minimum Gasteiger partial charge on any atom is -0.325 e. The predicted molar refractivity (Wildman–Crippen MR) is 94.1 cm³/mol. The molecule has 24 heavy (non-hydrogen) atoms. The number of benzene rings is 2. The summed E-state index contributed by atoms with van der Waals surface area (Å²) in [5, 5.41) is 2.71. The third-order valence-corrected chi connectivity index (χ3v) is 4.76. The first-order valence-electron chi connectivity index (χ1n) is 7.39. The lowest BCUT2D eigenvalue weighted by Crippen LogP contribution is -2.37. The molecule has 0 saturated carbocycles. The van der Waals surface area contributed by atoms with Crippen LogP contribution in [-0.2, 0) is 4.79 Å². The molecular weight excluding hydrogens is 372 g/mol. The van der Waals surface area contributed by atoms with E-state index in [1.165, 1.54) is 0 Å². The molecule has 3 amide bonds. The lowest BCUT2D eigenvalue weighted by Gasteiger charge is -2.14. The van der Waals surface area contributed by atoms with Gasteiger partial charge in [0.15, 0.2) is 0 Å². The second-order valence-corrected chi connectivity index (χ2v) is 6.61. The van der Waals surface area contributed by atoms with Crippen molar-refractivity contribution in [3.8, 4) is 0 Å². The van der Waals surface area contributed by atoms with Gasteiger partial charge in [-0.25, -0.2) is 0 Å². The van der Waals surface area contributed by atoms with Crippen molar-refractivity contribution in [3.63, 3.8) is 0 Å². The molecule has 6 heteroatoms. The van der Waals surface area contributed by atoms with E-state index in [1.807, 2.05) is 26.0 Å². The summed E-state index contributed by atoms with van der Waals surface area (Å²) in [5.41, 5.74) is 3.19. The van der Waals surface area contributed by atoms with E-state index >= 15 is 0 Å². The van der Waals surface area contributed by atoms with Crippen molar-refractivity contribution in [3.05, 3.63) is 63.1 Å². The number of amides is 3. The van der Waals surface area contributed by atoms with Crippen LogP contribution in [0.25, 0.3) is 0 Å². The zero-order valence-electron chi connectivity index (χ0n) is 13.2. The van der Waals surface area contributed by atoms with Gasteiger partial charge in [0, 0.05) is 10.2 Å². The van der Waals surface area contributed by atoms with Gasteiger partial charge in [0.05, 0.1) is 11.1 Å². The van der Waals surface area contributed by atoms with Gasteiger partial charge >= 0.3 is 0 Å². The number of halogens is 1. The van der Waals surface area contributed by atoms with Gasteiger partial charge < -0.3 is 5.32 Å². The van der Waals surface area contributed by atoms with Crippen molar-refractivity contribution in [2.45, 2.75) is 13.8 Å². The Hall–Kier alpha value is -2.47. The number of hydrogen-bond acceptors (Lipinski definition) is 3. The van der Waals surface area contributed by atoms with Crippen molar-refractivity contribution in [1.82, 2.24) is 4.90 Å². The van der Waals surface area contributed by atoms with Gasteiger partial charge in [0.1, 0.15) is 6.54 Å². The van der Waals surface area contributed by atoms with Crippen molar-refractivity contribution in [1.29, 1.82) is 0 Å². The van der Waals surface area contributed by atoms with Crippen molar-refractivity contribution < 1.29 is 14.4 Å². The summed E-state index contributed by atoms with van der Waals surface area (Å²) in [6.45, 7) is 3.45. The number of nitrogens with one attached hydrogen (secondary N) is 1. The van der Waals surface area contributed by atoms with E-state index in [0.29, 0.717) is 16.8 Å². The fourth-order valence-electron chi connectivity index (χ4n) is 2.61. The van der Waals surface area contributed by atoms with Crippen LogP contribution >= 0.6 is 15.9 Å². The largest absolute Gasteiger partial charge is 0.325 e. The first-order valence-corrected chi connectivity index (χ1v) is 8.19. The number of carbonyl (C=O) groups is 3. The molecule has 0 aromatic heterocycles. The van der Waals surface area contributed by atoms with Crippen LogP contribution in [-0.4, -0.2) is 29.2 Å². The molecule has 2 aromatic carbocycles. The molecule has 0 unspecified atom stereocenters. The fourth-order valence-corrected chi connectivity index (χ4v) is 2.86. The summed E-state index contributed by atoms with van der Waals surface area (Å²) in [5.74, 6) is -1.28. The number of anilines is 1. The van der Waals surface area contributed by atoms with Crippen LogP contribution in [0.3, 0.4) is 0 Å². The highest BCUT2D eigenvalue weighted by Gasteiger charge is 2.36. The average molecular weight is 387 g/mol. The lowest BCUT2D eigenvalue weighted by molar-refractivity contribution is -0.116. The minimum absolute atomic E-state index is 0.305. The van der Waals surface area contributed by atoms with Crippen LogP contribution in [0, 0.1) is 13.8 Å². The molecule has 0 bridgehead atoms. The van der Waals surface area contributed by atoms with E-state index in [0.717, 1.165) is 20.5 Å². The number of hydrogen-bond donors (Lipinski definition) is 1. The maximum Gasteiger partial charge on any atom is 0.262 e. The van der Waals surface area contributed by atoms with E-state index in [1.54, 1.807) is 24.3 Å². The highest BCUT2D eigenvalue weighted by molar-refractivity contribution is 9.10. The first-order chi connectivity index (χ1) is 11.4. The molecule has 1 aliphatic heterocycles. The fraction of sp³-hybridized carbons (Fsp3) is 0.167. The van der Waals surface area contributed by atoms with Crippen LogP contribution in [0.4, 0.5) is 5.69 Å². The predicted octanol–water partition coefficient (Wildman–Crippen LogP) is 3.30. The van der Waals surface area contributed by atoms with Gasteiger partial charge in [0.25, 0.3) is 11.8 Å². The number of nitrogens with zero attached hydrogens (tertiary/aromatic N) is 1. The Morgan fingerprint density at radius 1 is 1.04 bits per heavy atom. The second kappa shape index (κ2) is 6.20. The number of carbonyl (C=O) groups excluding carboxylic acids is 3. The van der Waals surface area contributed by atoms with E-state index in [-0.39, 0.29) is 6.54 Å². The summed E-state index contributed by atoms with van der Waals surface area (Å²) >= 11 is 3.39. The zero-order valence-corrected chi connectivity index (χ0v) is 14.8. The molecule has 0 fully saturated rings. The van der Waals surface area contributed by atoms with Crippen LogP contribution < -0.4 is 5.32 Å². The minimum atomic E-state index is -0.433. The Balaban J connectivity index is 1.74. The maximum atomic E-state index is 12.4. The Morgan fingerprint density at radius 2 is 1.75 bits per heavy atom. The van der Waals surface area contributed by atoms with Gasteiger partial charge in [0.2, 0.25) is 5.91 Å². The quantitative estimate of drug-likeness (QED) is 0.822. The number of rotatable bonds is 3. The molecule has 0 aliphatic carbocycles. The molecule has 0 radical (unpaired) electrons. The highest BCUT2D eigenvalue weighted by atomic mass is 79.9. The van der Waals surface area contributed by atoms with Gasteiger partial charge in [-0.15, -0.1) is 0 Å². The Bertz CT molecular complexity index is 877. The lowest BCUT2D eigenvalue weighted by atomic mass is 10.1. The molecule has 1 heterocycles. The van der Waals surface area contributed by atoms with Crippen LogP contribution in [0.1, 0.15) is 31.8 Å². The number of fused-ring (bicyclic) bond motifs is 1. The normalized spacial score (nSPS) is 13.2. The summed E-state index contributed by atoms with van der Waals surface area (Å²) in [4.78, 5) is 37.9. The third kappa shape index (κ3) is 2.97. The molecule has 3 rings (SSSR count). The van der Waals surface area contributed by atoms with Crippen LogP contribution in [0.2, 0.25) is 0 Å². The summed E-state index contributed by atoms with van der Waals surface area (Å²) < 4.78 is 0.941. The molecule has 1 aliphatic rings. The van der Waals surface area contributed by atoms with E-state index in [9.17, 15) is 14.4 Å². The topological polar surface area (TPSA) is 66.5 Å². The van der Waals surface area contributed by atoms with Gasteiger partial charge in [-0.2, -0.15) is 0 Å². The van der Waals surface area contributed by atoms with Gasteiger partial charge in [-0.3, -0.25) is 19.3 Å². The number of aryl methyl sites for hydroxylation is 2. The second-order valence-electron chi connectivity index (χ2n) is 5.76. The SMILES string of the molecule is Cc1ccc2c(c1)C(=O)N(CC(=O)Nc1ccc(Br)c(C)c1)C2=O. The zero-order chi connectivity index (χ0) is 17.4. The molecule has 2 aromatic rings. The molecule has 5 nitrogen and oxygen atoms in total. The van der Waals surface area contributed by atoms with Crippen LogP contribution in [0.5, 0.6) is 0 Å². The van der Waals surface area contributed by atoms with Crippen molar-refractivity contribution in [2.24, 2.45) is 0 Å². The summed E-state index contributed by atoms with van der Waals surface area (Å²) in [7, 11) is 0. The third-order valence-electron chi connectivity index (χ3n) is 3.87. The van der Waals surface area contributed by atoms with Gasteiger partial charge in [-0.1, -0.05) is 27.6 Å². The molecular formula is C18H15BrN2O3. The summed E-state index contributed by atoms with van der Waals surface area (Å²) in [6, 6.07) is 10.5. The Kier molecular flexibility index (Phi) is 4.24. The number of imide groups is 1. The van der Waals surface area contributed by atoms with Crippen LogP contribution in [0.15, 0.2) is 40.9 Å². The smallest absolute Gasteiger partial charge is 0.262 e. The highest BCUT2D eigenvalue weighted by Crippen LogP contribution is 2.24. The molecule has 0 spiro atoms. The molecule has 0 atom stereocenters. The molecule has 122 valence electrons. The van der Waals surface area contributed by atoms with E-state index in [4.69, 9.17) is 0 Å². The Labute approximate surface area is 147 Å². The molecule has 1 N–H and O–H groups in total. The first kappa shape index (κ1) is 16.4. The van der Waals surface area contributed by atoms with Gasteiger partial charge in [-0.05, 0) is 49.7 Å². The standard InChI is InChI=1S/C18H15BrN2O3/c1-10-3-5-13-14(7-10)18(24)21(17(13)23)9-16(22)20-12-4-6-15(19)11(2)8-12/h3-8H,9H2,1-2H3,(H,20,22). The van der Waals surface area contributed by atoms with E-state index < -0.39 is 17.7 Å². The Morgan fingerprint density at radius 3 is 2.46 bits per heavy atom. The van der Waals surface area contributed by atoms with Crippen molar-refractivity contribution >= 4 is 39.3 Å². The summed E-state index contributed by atoms with van der Waals surface area (Å²) in [6.07, 6.45) is 0.